The third kappa shape index (κ3) is 3.68. The first-order valence-electron chi connectivity index (χ1n) is 10.2. The van der Waals surface area contributed by atoms with Crippen molar-refractivity contribution in [3.05, 3.63) is 89.1 Å². The van der Waals surface area contributed by atoms with E-state index in [0.717, 1.165) is 36.0 Å². The second-order valence-electron chi connectivity index (χ2n) is 7.78. The number of nitrogens with zero attached hydrogens (tertiary/aromatic N) is 2. The molecule has 5 nitrogen and oxygen atoms in total. The largest absolute Gasteiger partial charge is 0.358 e. The lowest BCUT2D eigenvalue weighted by Gasteiger charge is -2.11. The molecule has 0 fully saturated rings. The SMILES string of the molecule is O=C(NCc1ccc(Cn2ccnc2)cc1)c1ccc2[nH]c3c(c2c1)CCCC3. The van der Waals surface area contributed by atoms with Gasteiger partial charge in [0.1, 0.15) is 0 Å². The summed E-state index contributed by atoms with van der Waals surface area (Å²) < 4.78 is 2.03. The molecule has 0 saturated carbocycles. The molecule has 1 aliphatic carbocycles. The summed E-state index contributed by atoms with van der Waals surface area (Å²) >= 11 is 0. The second kappa shape index (κ2) is 7.59. The molecule has 2 aromatic carbocycles. The highest BCUT2D eigenvalue weighted by Crippen LogP contribution is 2.29. The number of benzene rings is 2. The Bertz CT molecular complexity index is 1140. The first kappa shape index (κ1) is 17.7. The van der Waals surface area contributed by atoms with Crippen LogP contribution in [-0.4, -0.2) is 20.4 Å². The monoisotopic (exact) mass is 384 g/mol. The van der Waals surface area contributed by atoms with Gasteiger partial charge in [0.15, 0.2) is 0 Å². The van der Waals surface area contributed by atoms with Gasteiger partial charge in [-0.15, -0.1) is 0 Å². The van der Waals surface area contributed by atoms with Crippen molar-refractivity contribution < 1.29 is 4.79 Å². The highest BCUT2D eigenvalue weighted by Gasteiger charge is 2.16. The predicted octanol–water partition coefficient (Wildman–Crippen LogP) is 4.22. The molecule has 2 heterocycles. The predicted molar refractivity (Wildman–Crippen MR) is 114 cm³/mol. The topological polar surface area (TPSA) is 62.7 Å². The molecule has 1 aliphatic rings. The summed E-state index contributed by atoms with van der Waals surface area (Å²) in [6.07, 6.45) is 10.2. The third-order valence-electron chi connectivity index (χ3n) is 5.76. The number of imidazole rings is 1. The Morgan fingerprint density at radius 1 is 1.07 bits per heavy atom. The first-order valence-corrected chi connectivity index (χ1v) is 10.2. The zero-order valence-electron chi connectivity index (χ0n) is 16.3. The molecule has 0 spiro atoms. The van der Waals surface area contributed by atoms with E-state index in [0.29, 0.717) is 6.54 Å². The maximum Gasteiger partial charge on any atom is 0.251 e. The Balaban J connectivity index is 1.25. The fraction of sp³-hybridized carbons (Fsp3) is 0.250. The van der Waals surface area contributed by atoms with Gasteiger partial charge in [-0.25, -0.2) is 4.98 Å². The van der Waals surface area contributed by atoms with Gasteiger partial charge in [0.05, 0.1) is 6.33 Å². The smallest absolute Gasteiger partial charge is 0.251 e. The van der Waals surface area contributed by atoms with Crippen LogP contribution >= 0.6 is 0 Å². The Morgan fingerprint density at radius 2 is 1.90 bits per heavy atom. The normalized spacial score (nSPS) is 13.4. The summed E-state index contributed by atoms with van der Waals surface area (Å²) in [6, 6.07) is 14.3. The number of carbonyl (C=O) groups is 1. The standard InChI is InChI=1S/C24H24N4O/c29-24(19-9-10-23-21(13-19)20-3-1-2-4-22(20)27-23)26-14-17-5-7-18(8-6-17)15-28-12-11-25-16-28/h5-13,16,27H,1-4,14-15H2,(H,26,29). The minimum absolute atomic E-state index is 0.0276. The van der Waals surface area contributed by atoms with E-state index in [4.69, 9.17) is 0 Å². The maximum atomic E-state index is 12.7. The summed E-state index contributed by atoms with van der Waals surface area (Å²) in [5, 5.41) is 4.26. The molecule has 0 aliphatic heterocycles. The number of rotatable bonds is 5. The molecular weight excluding hydrogens is 360 g/mol. The fourth-order valence-electron chi connectivity index (χ4n) is 4.19. The second-order valence-corrected chi connectivity index (χ2v) is 7.78. The van der Waals surface area contributed by atoms with Gasteiger partial charge in [-0.1, -0.05) is 24.3 Å². The van der Waals surface area contributed by atoms with Crippen molar-refractivity contribution in [2.45, 2.75) is 38.8 Å². The molecule has 2 aromatic heterocycles. The Morgan fingerprint density at radius 3 is 2.72 bits per heavy atom. The molecule has 0 unspecified atom stereocenters. The summed E-state index contributed by atoms with van der Waals surface area (Å²) in [4.78, 5) is 20.3. The van der Waals surface area contributed by atoms with Gasteiger partial charge in [0.25, 0.3) is 5.91 Å². The molecule has 0 radical (unpaired) electrons. The molecule has 0 atom stereocenters. The molecule has 0 saturated heterocycles. The van der Waals surface area contributed by atoms with Crippen LogP contribution in [0, 0.1) is 0 Å². The van der Waals surface area contributed by atoms with Gasteiger partial charge in [0, 0.05) is 47.6 Å². The summed E-state index contributed by atoms with van der Waals surface area (Å²) in [5.41, 5.74) is 6.91. The van der Waals surface area contributed by atoms with E-state index in [1.54, 1.807) is 6.20 Å². The van der Waals surface area contributed by atoms with Crippen molar-refractivity contribution in [1.82, 2.24) is 19.9 Å². The summed E-state index contributed by atoms with van der Waals surface area (Å²) in [7, 11) is 0. The van der Waals surface area contributed by atoms with Crippen molar-refractivity contribution in [3.63, 3.8) is 0 Å². The van der Waals surface area contributed by atoms with Crippen LogP contribution in [0.5, 0.6) is 0 Å². The summed E-state index contributed by atoms with van der Waals surface area (Å²) in [5.74, 6) is -0.0276. The Labute approximate surface area is 169 Å². The lowest BCUT2D eigenvalue weighted by Crippen LogP contribution is -2.22. The molecule has 0 bridgehead atoms. The molecule has 5 heteroatoms. The zero-order chi connectivity index (χ0) is 19.6. The van der Waals surface area contributed by atoms with Gasteiger partial charge in [0.2, 0.25) is 0 Å². The van der Waals surface area contributed by atoms with E-state index >= 15 is 0 Å². The molecule has 146 valence electrons. The molecule has 2 N–H and O–H groups in total. The number of aromatic nitrogens is 3. The third-order valence-corrected chi connectivity index (χ3v) is 5.76. The van der Waals surface area contributed by atoms with Crippen molar-refractivity contribution in [1.29, 1.82) is 0 Å². The summed E-state index contributed by atoms with van der Waals surface area (Å²) in [6.45, 7) is 1.32. The van der Waals surface area contributed by atoms with E-state index < -0.39 is 0 Å². The Kier molecular flexibility index (Phi) is 4.64. The molecular formula is C24H24N4O. The van der Waals surface area contributed by atoms with E-state index in [-0.39, 0.29) is 5.91 Å². The molecule has 1 amide bonds. The quantitative estimate of drug-likeness (QED) is 0.541. The number of fused-ring (bicyclic) bond motifs is 3. The van der Waals surface area contributed by atoms with Crippen LogP contribution in [0.4, 0.5) is 0 Å². The highest BCUT2D eigenvalue weighted by molar-refractivity contribution is 5.99. The van der Waals surface area contributed by atoms with Crippen LogP contribution in [0.15, 0.2) is 61.2 Å². The Hall–Kier alpha value is -3.34. The van der Waals surface area contributed by atoms with Crippen LogP contribution in [0.1, 0.15) is 45.6 Å². The van der Waals surface area contributed by atoms with Crippen LogP contribution in [0.3, 0.4) is 0 Å². The van der Waals surface area contributed by atoms with Gasteiger partial charge in [-0.05, 0) is 60.6 Å². The number of aryl methyl sites for hydroxylation is 2. The van der Waals surface area contributed by atoms with Crippen LogP contribution in [0.2, 0.25) is 0 Å². The van der Waals surface area contributed by atoms with Gasteiger partial charge in [-0.2, -0.15) is 0 Å². The van der Waals surface area contributed by atoms with E-state index in [9.17, 15) is 4.79 Å². The first-order chi connectivity index (χ1) is 14.3. The minimum atomic E-state index is -0.0276. The van der Waals surface area contributed by atoms with E-state index in [2.05, 4.69) is 39.6 Å². The molecule has 29 heavy (non-hydrogen) atoms. The van der Waals surface area contributed by atoms with Gasteiger partial charge in [-0.3, -0.25) is 4.79 Å². The van der Waals surface area contributed by atoms with Crippen molar-refractivity contribution in [3.8, 4) is 0 Å². The lowest BCUT2D eigenvalue weighted by molar-refractivity contribution is 0.0951. The van der Waals surface area contributed by atoms with Crippen molar-refractivity contribution in [2.75, 3.05) is 0 Å². The van der Waals surface area contributed by atoms with Gasteiger partial charge < -0.3 is 14.9 Å². The van der Waals surface area contributed by atoms with Gasteiger partial charge >= 0.3 is 0 Å². The van der Waals surface area contributed by atoms with E-state index in [1.165, 1.54) is 35.0 Å². The van der Waals surface area contributed by atoms with Crippen molar-refractivity contribution in [2.24, 2.45) is 0 Å². The van der Waals surface area contributed by atoms with E-state index in [1.807, 2.05) is 35.3 Å². The zero-order valence-corrected chi connectivity index (χ0v) is 16.3. The number of nitrogens with one attached hydrogen (secondary N) is 2. The van der Waals surface area contributed by atoms with Crippen molar-refractivity contribution >= 4 is 16.8 Å². The highest BCUT2D eigenvalue weighted by atomic mass is 16.1. The number of H-pyrrole nitrogens is 1. The number of hydrogen-bond acceptors (Lipinski definition) is 2. The average Bonchev–Trinajstić information content (AvgIpc) is 3.40. The van der Waals surface area contributed by atoms with Crippen LogP contribution in [-0.2, 0) is 25.9 Å². The maximum absolute atomic E-state index is 12.7. The van der Waals surface area contributed by atoms with Crippen LogP contribution in [0.25, 0.3) is 10.9 Å². The number of aromatic amines is 1. The number of carbonyl (C=O) groups excluding carboxylic acids is 1. The fourth-order valence-corrected chi connectivity index (χ4v) is 4.19. The minimum Gasteiger partial charge on any atom is -0.358 e. The lowest BCUT2D eigenvalue weighted by atomic mass is 9.95. The molecule has 5 rings (SSSR count). The number of amides is 1. The number of hydrogen-bond donors (Lipinski definition) is 2. The molecule has 4 aromatic rings. The average molecular weight is 384 g/mol. The van der Waals surface area contributed by atoms with Crippen LogP contribution < -0.4 is 5.32 Å².